The number of rotatable bonds is 15. The Labute approximate surface area is 282 Å². The molecule has 0 spiro atoms. The molecule has 1 amide bonds. The fraction of sp³-hybridized carbons (Fsp3) is 0.278. The first kappa shape index (κ1) is 33.5. The van der Waals surface area contributed by atoms with Crippen molar-refractivity contribution in [2.75, 3.05) is 26.4 Å². The lowest BCUT2D eigenvalue weighted by Crippen LogP contribution is -2.50. The van der Waals surface area contributed by atoms with E-state index in [1.165, 1.54) is 0 Å². The Morgan fingerprint density at radius 2 is 1.79 bits per heavy atom. The van der Waals surface area contributed by atoms with Gasteiger partial charge in [0.1, 0.15) is 11.5 Å². The summed E-state index contributed by atoms with van der Waals surface area (Å²) in [5.74, 6) is 1.37. The van der Waals surface area contributed by atoms with Gasteiger partial charge in [-0.05, 0) is 72.5 Å². The summed E-state index contributed by atoms with van der Waals surface area (Å²) < 4.78 is 19.0. The molecular weight excluding hydrogens is 662 g/mol. The van der Waals surface area contributed by atoms with Gasteiger partial charge in [-0.3, -0.25) is 4.79 Å². The summed E-state index contributed by atoms with van der Waals surface area (Å²) in [7, 11) is 0. The van der Waals surface area contributed by atoms with E-state index in [1.807, 2.05) is 73.7 Å². The molecule has 10 nitrogen and oxygen atoms in total. The average molecular weight is 699 g/mol. The molecule has 4 aromatic carbocycles. The molecule has 2 N–H and O–H groups in total. The number of hydrogen-bond donors (Lipinski definition) is 2. The highest BCUT2D eigenvalue weighted by molar-refractivity contribution is 9.10. The van der Waals surface area contributed by atoms with Gasteiger partial charge in [0.15, 0.2) is 11.6 Å². The van der Waals surface area contributed by atoms with Crippen LogP contribution in [0, 0.1) is 0 Å². The first-order valence-electron chi connectivity index (χ1n) is 15.5. The first-order valence-corrected chi connectivity index (χ1v) is 16.2. The van der Waals surface area contributed by atoms with Gasteiger partial charge in [-0.2, -0.15) is 0 Å². The number of nitrogens with one attached hydrogen (secondary N) is 1. The first-order chi connectivity index (χ1) is 23.0. The van der Waals surface area contributed by atoms with E-state index in [9.17, 15) is 10.3 Å². The standard InChI is InChI=1S/C36H36BrN5O5/c1-2-45-32-11-6-3-8-26(32)20-21-39-35(44)36(24-25-12-16-28(37)17-13-25)33(30-9-4-5-10-31(30)41-42-38)47-34(40-36)27-14-18-29(19-15-27)46-23-7-22-43/h3-6,8-19,33,43H,2,7,20-24H2,1H3,(H,39,44)/t33-,36-/m1/s1. The third-order valence-corrected chi connectivity index (χ3v) is 8.27. The third kappa shape index (κ3) is 8.13. The number of para-hydroxylation sites is 1. The highest BCUT2D eigenvalue weighted by atomic mass is 79.9. The molecule has 0 fully saturated rings. The smallest absolute Gasteiger partial charge is 0.252 e. The molecule has 47 heavy (non-hydrogen) atoms. The quantitative estimate of drug-likeness (QED) is 0.0577. The Kier molecular flexibility index (Phi) is 11.5. The van der Waals surface area contributed by atoms with Crippen molar-refractivity contribution < 1.29 is 24.1 Å². The summed E-state index contributed by atoms with van der Waals surface area (Å²) in [5, 5.41) is 16.2. The van der Waals surface area contributed by atoms with Crippen molar-refractivity contribution in [3.63, 3.8) is 0 Å². The molecule has 5 rings (SSSR count). The van der Waals surface area contributed by atoms with Gasteiger partial charge in [0, 0.05) is 52.2 Å². The topological polar surface area (TPSA) is 138 Å². The second kappa shape index (κ2) is 16.1. The number of hydrogen-bond acceptors (Lipinski definition) is 7. The van der Waals surface area contributed by atoms with Crippen LogP contribution in [0.1, 0.15) is 41.7 Å². The molecule has 242 valence electrons. The van der Waals surface area contributed by atoms with Crippen LogP contribution in [-0.2, 0) is 22.4 Å². The van der Waals surface area contributed by atoms with E-state index in [-0.39, 0.29) is 24.8 Å². The van der Waals surface area contributed by atoms with Crippen LogP contribution in [0.15, 0.2) is 112 Å². The molecule has 0 aromatic heterocycles. The monoisotopic (exact) mass is 697 g/mol. The van der Waals surface area contributed by atoms with Crippen molar-refractivity contribution in [3.05, 3.63) is 134 Å². The third-order valence-electron chi connectivity index (χ3n) is 7.74. The summed E-state index contributed by atoms with van der Waals surface area (Å²) in [6, 6.07) is 29.8. The van der Waals surface area contributed by atoms with Crippen molar-refractivity contribution in [2.45, 2.75) is 37.8 Å². The predicted molar refractivity (Wildman–Crippen MR) is 184 cm³/mol. The summed E-state index contributed by atoms with van der Waals surface area (Å²) in [6.07, 6.45) is 0.363. The minimum Gasteiger partial charge on any atom is -0.494 e. The number of carbonyl (C=O) groups excluding carboxylic acids is 1. The molecule has 0 bridgehead atoms. The molecule has 11 heteroatoms. The largest absolute Gasteiger partial charge is 0.494 e. The van der Waals surface area contributed by atoms with Crippen LogP contribution in [-0.4, -0.2) is 48.8 Å². The van der Waals surface area contributed by atoms with Gasteiger partial charge in [0.05, 0.1) is 13.2 Å². The molecule has 1 aliphatic heterocycles. The maximum absolute atomic E-state index is 14.6. The highest BCUT2D eigenvalue weighted by Crippen LogP contribution is 2.45. The van der Waals surface area contributed by atoms with E-state index in [0.29, 0.717) is 55.2 Å². The lowest BCUT2D eigenvalue weighted by atomic mass is 9.81. The number of nitrogens with zero attached hydrogens (tertiary/aromatic N) is 4. The summed E-state index contributed by atoms with van der Waals surface area (Å²) in [4.78, 5) is 22.7. The molecule has 0 radical (unpaired) electrons. The van der Waals surface area contributed by atoms with Crippen molar-refractivity contribution >= 4 is 33.4 Å². The molecule has 1 heterocycles. The molecule has 0 aliphatic carbocycles. The van der Waals surface area contributed by atoms with Crippen molar-refractivity contribution in [2.24, 2.45) is 10.1 Å². The van der Waals surface area contributed by atoms with Gasteiger partial charge < -0.3 is 24.6 Å². The summed E-state index contributed by atoms with van der Waals surface area (Å²) in [6.45, 7) is 3.24. The Balaban J connectivity index is 1.55. The van der Waals surface area contributed by atoms with Crippen molar-refractivity contribution in [3.8, 4) is 11.5 Å². The van der Waals surface area contributed by atoms with Gasteiger partial charge >= 0.3 is 0 Å². The predicted octanol–water partition coefficient (Wildman–Crippen LogP) is 7.41. The zero-order chi connectivity index (χ0) is 33.1. The molecule has 0 saturated heterocycles. The van der Waals surface area contributed by atoms with Crippen LogP contribution in [0.2, 0.25) is 0 Å². The minimum atomic E-state index is -1.46. The highest BCUT2D eigenvalue weighted by Gasteiger charge is 2.53. The van der Waals surface area contributed by atoms with Gasteiger partial charge in [-0.15, -0.1) is 0 Å². The molecule has 1 aliphatic rings. The fourth-order valence-electron chi connectivity index (χ4n) is 5.49. The number of halogens is 1. The maximum atomic E-state index is 14.6. The Hall–Kier alpha value is -4.83. The van der Waals surface area contributed by atoms with Gasteiger partial charge in [0.2, 0.25) is 5.90 Å². The molecular formula is C36H36BrN5O5. The van der Waals surface area contributed by atoms with Crippen molar-refractivity contribution in [1.82, 2.24) is 5.32 Å². The lowest BCUT2D eigenvalue weighted by molar-refractivity contribution is -0.128. The van der Waals surface area contributed by atoms with E-state index in [4.69, 9.17) is 24.3 Å². The van der Waals surface area contributed by atoms with Crippen LogP contribution in [0.5, 0.6) is 11.5 Å². The number of ether oxygens (including phenoxy) is 3. The molecule has 4 aromatic rings. The summed E-state index contributed by atoms with van der Waals surface area (Å²) >= 11 is 3.50. The number of amides is 1. The Morgan fingerprint density at radius 1 is 1.04 bits per heavy atom. The zero-order valence-electron chi connectivity index (χ0n) is 26.0. The zero-order valence-corrected chi connectivity index (χ0v) is 27.6. The minimum absolute atomic E-state index is 0.0446. The average Bonchev–Trinajstić information content (AvgIpc) is 3.47. The van der Waals surface area contributed by atoms with E-state index in [2.05, 4.69) is 31.3 Å². The van der Waals surface area contributed by atoms with Gasteiger partial charge in [0.25, 0.3) is 5.91 Å². The maximum Gasteiger partial charge on any atom is 0.252 e. The second-order valence-corrected chi connectivity index (χ2v) is 11.8. The van der Waals surface area contributed by atoms with Crippen LogP contribution in [0.25, 0.3) is 10.4 Å². The van der Waals surface area contributed by atoms with E-state index in [0.717, 1.165) is 21.3 Å². The molecule has 0 saturated carbocycles. The number of aliphatic hydroxyl groups is 1. The number of aliphatic hydroxyl groups excluding tert-OH is 1. The number of benzene rings is 4. The SMILES string of the molecule is CCOc1ccccc1CCNC(=O)[C@]1(Cc2ccc(Br)cc2)N=C(c2ccc(OCCCO)cc2)O[C@@H]1c1ccccc1N=[N+]=[N-]. The Bertz CT molecular complexity index is 1740. The number of carbonyl (C=O) groups is 1. The van der Waals surface area contributed by atoms with E-state index < -0.39 is 11.6 Å². The fourth-order valence-corrected chi connectivity index (χ4v) is 5.76. The second-order valence-electron chi connectivity index (χ2n) is 10.9. The van der Waals surface area contributed by atoms with Gasteiger partial charge in [-0.1, -0.05) is 75.6 Å². The molecule has 0 unspecified atom stereocenters. The van der Waals surface area contributed by atoms with Crippen LogP contribution < -0.4 is 14.8 Å². The van der Waals surface area contributed by atoms with Crippen LogP contribution in [0.3, 0.4) is 0 Å². The van der Waals surface area contributed by atoms with E-state index >= 15 is 0 Å². The normalized spacial score (nSPS) is 16.8. The van der Waals surface area contributed by atoms with Crippen molar-refractivity contribution in [1.29, 1.82) is 0 Å². The lowest BCUT2D eigenvalue weighted by Gasteiger charge is -2.31. The van der Waals surface area contributed by atoms with Crippen LogP contribution >= 0.6 is 15.9 Å². The van der Waals surface area contributed by atoms with Crippen LogP contribution in [0.4, 0.5) is 5.69 Å². The van der Waals surface area contributed by atoms with Gasteiger partial charge in [-0.25, -0.2) is 4.99 Å². The summed E-state index contributed by atoms with van der Waals surface area (Å²) in [5.41, 5.74) is 11.3. The number of aliphatic imine (C=N–C) groups is 1. The molecule has 2 atom stereocenters. The van der Waals surface area contributed by atoms with E-state index in [1.54, 1.807) is 30.3 Å². The Morgan fingerprint density at radius 3 is 2.53 bits per heavy atom. The number of azide groups is 1.